The molecule has 3 aromatic rings. The summed E-state index contributed by atoms with van der Waals surface area (Å²) in [5.74, 6) is 0.258. The van der Waals surface area contributed by atoms with Gasteiger partial charge in [0, 0.05) is 23.3 Å². The number of nitro groups is 1. The van der Waals surface area contributed by atoms with Gasteiger partial charge in [-0.3, -0.25) is 10.1 Å². The second kappa shape index (κ2) is 10.4. The summed E-state index contributed by atoms with van der Waals surface area (Å²) in [6, 6.07) is 15.6. The van der Waals surface area contributed by atoms with Crippen molar-refractivity contribution in [2.24, 2.45) is 5.16 Å². The number of nitrogens with zero attached hydrogens (tertiary/aromatic N) is 2. The molecule has 3 aromatic carbocycles. The maximum atomic E-state index is 13.8. The van der Waals surface area contributed by atoms with E-state index in [1.165, 1.54) is 31.5 Å². The van der Waals surface area contributed by atoms with Crippen LogP contribution in [-0.4, -0.2) is 18.2 Å². The van der Waals surface area contributed by atoms with E-state index in [2.05, 4.69) is 5.16 Å². The van der Waals surface area contributed by atoms with Gasteiger partial charge in [0.1, 0.15) is 19.0 Å². The zero-order chi connectivity index (χ0) is 22.2. The van der Waals surface area contributed by atoms with Gasteiger partial charge >= 0.3 is 0 Å². The van der Waals surface area contributed by atoms with Gasteiger partial charge in [0.05, 0.1) is 23.3 Å². The molecule has 0 saturated carbocycles. The smallest absolute Gasteiger partial charge is 0.269 e. The molecule has 9 heteroatoms. The minimum Gasteiger partial charge on any atom is -0.493 e. The number of rotatable bonds is 9. The largest absolute Gasteiger partial charge is 0.493 e. The van der Waals surface area contributed by atoms with Crippen molar-refractivity contribution in [3.8, 4) is 11.5 Å². The molecule has 0 fully saturated rings. The SMILES string of the molecule is COc1cc(/C=N\OCc2cccc([N+](=O)[O-])c2)cc(Cl)c1OCc1ccccc1F. The van der Waals surface area contributed by atoms with Gasteiger partial charge < -0.3 is 14.3 Å². The summed E-state index contributed by atoms with van der Waals surface area (Å²) in [4.78, 5) is 15.5. The highest BCUT2D eigenvalue weighted by atomic mass is 35.5. The van der Waals surface area contributed by atoms with Gasteiger partial charge in [-0.15, -0.1) is 0 Å². The van der Waals surface area contributed by atoms with Crippen molar-refractivity contribution in [1.29, 1.82) is 0 Å². The van der Waals surface area contributed by atoms with Crippen LogP contribution in [-0.2, 0) is 18.1 Å². The molecule has 0 aliphatic rings. The molecule has 0 aromatic heterocycles. The van der Waals surface area contributed by atoms with Crippen molar-refractivity contribution in [3.63, 3.8) is 0 Å². The Morgan fingerprint density at radius 3 is 2.68 bits per heavy atom. The maximum Gasteiger partial charge on any atom is 0.269 e. The van der Waals surface area contributed by atoms with Crippen LogP contribution >= 0.6 is 11.6 Å². The molecule has 160 valence electrons. The highest BCUT2D eigenvalue weighted by Crippen LogP contribution is 2.36. The van der Waals surface area contributed by atoms with Gasteiger partial charge in [-0.1, -0.05) is 47.1 Å². The van der Waals surface area contributed by atoms with Crippen LogP contribution in [0.5, 0.6) is 11.5 Å². The minimum atomic E-state index is -0.475. The quantitative estimate of drug-likeness (QED) is 0.246. The molecule has 0 aliphatic heterocycles. The molecule has 0 spiro atoms. The topological polar surface area (TPSA) is 83.2 Å². The van der Waals surface area contributed by atoms with Crippen molar-refractivity contribution in [2.75, 3.05) is 7.11 Å². The van der Waals surface area contributed by atoms with E-state index in [1.54, 1.807) is 42.5 Å². The normalized spacial score (nSPS) is 10.8. The predicted octanol–water partition coefficient (Wildman–Crippen LogP) is 5.53. The molecule has 0 unspecified atom stereocenters. The number of oxime groups is 1. The summed E-state index contributed by atoms with van der Waals surface area (Å²) >= 11 is 6.31. The lowest BCUT2D eigenvalue weighted by molar-refractivity contribution is -0.384. The monoisotopic (exact) mass is 444 g/mol. The molecular formula is C22H18ClFN2O5. The van der Waals surface area contributed by atoms with E-state index in [0.717, 1.165) is 0 Å². The standard InChI is InChI=1S/C22H18ClFN2O5/c1-29-21-11-16(12-25-31-13-15-5-4-7-18(9-15)26(27)28)10-19(23)22(21)30-14-17-6-2-3-8-20(17)24/h2-12H,13-14H2,1H3/b25-12-. The third kappa shape index (κ3) is 5.93. The van der Waals surface area contributed by atoms with Crippen LogP contribution in [0.2, 0.25) is 5.02 Å². The fourth-order valence-corrected chi connectivity index (χ4v) is 2.96. The van der Waals surface area contributed by atoms with Crippen LogP contribution in [0.1, 0.15) is 16.7 Å². The van der Waals surface area contributed by atoms with E-state index in [9.17, 15) is 14.5 Å². The van der Waals surface area contributed by atoms with E-state index < -0.39 is 4.92 Å². The lowest BCUT2D eigenvalue weighted by Gasteiger charge is -2.13. The van der Waals surface area contributed by atoms with Crippen LogP contribution in [0.4, 0.5) is 10.1 Å². The molecule has 0 heterocycles. The first-order valence-electron chi connectivity index (χ1n) is 9.10. The van der Waals surface area contributed by atoms with E-state index in [4.69, 9.17) is 25.9 Å². The Kier molecular flexibility index (Phi) is 7.40. The summed E-state index contributed by atoms with van der Waals surface area (Å²) in [6.07, 6.45) is 1.42. The summed E-state index contributed by atoms with van der Waals surface area (Å²) in [6.45, 7) is 0.0510. The van der Waals surface area contributed by atoms with Crippen LogP contribution in [0.3, 0.4) is 0 Å². The summed E-state index contributed by atoms with van der Waals surface area (Å²) in [5, 5.41) is 14.9. The summed E-state index contributed by atoms with van der Waals surface area (Å²) < 4.78 is 24.8. The molecule has 31 heavy (non-hydrogen) atoms. The van der Waals surface area contributed by atoms with E-state index in [1.807, 2.05) is 0 Å². The average molecular weight is 445 g/mol. The van der Waals surface area contributed by atoms with Crippen molar-refractivity contribution < 1.29 is 23.6 Å². The first kappa shape index (κ1) is 22.0. The van der Waals surface area contributed by atoms with Gasteiger partial charge in [0.15, 0.2) is 11.5 Å². The lowest BCUT2D eigenvalue weighted by atomic mass is 10.2. The highest BCUT2D eigenvalue weighted by Gasteiger charge is 2.13. The van der Waals surface area contributed by atoms with Crippen molar-refractivity contribution in [1.82, 2.24) is 0 Å². The van der Waals surface area contributed by atoms with Crippen molar-refractivity contribution in [2.45, 2.75) is 13.2 Å². The number of halogens is 2. The number of hydrogen-bond acceptors (Lipinski definition) is 6. The molecule has 7 nitrogen and oxygen atoms in total. The second-order valence-electron chi connectivity index (χ2n) is 6.35. The minimum absolute atomic E-state index is 0.0114. The van der Waals surface area contributed by atoms with Gasteiger partial charge in [0.2, 0.25) is 0 Å². The van der Waals surface area contributed by atoms with Crippen LogP contribution in [0.15, 0.2) is 65.8 Å². The average Bonchev–Trinajstić information content (AvgIpc) is 2.77. The zero-order valence-corrected chi connectivity index (χ0v) is 17.2. The van der Waals surface area contributed by atoms with Crippen LogP contribution in [0.25, 0.3) is 0 Å². The Balaban J connectivity index is 1.65. The Hall–Kier alpha value is -3.65. The van der Waals surface area contributed by atoms with E-state index in [-0.39, 0.29) is 35.5 Å². The molecule has 0 bridgehead atoms. The Morgan fingerprint density at radius 1 is 1.13 bits per heavy atom. The maximum absolute atomic E-state index is 13.8. The van der Waals surface area contributed by atoms with Crippen LogP contribution < -0.4 is 9.47 Å². The fraction of sp³-hybridized carbons (Fsp3) is 0.136. The van der Waals surface area contributed by atoms with E-state index >= 15 is 0 Å². The number of benzene rings is 3. The predicted molar refractivity (Wildman–Crippen MR) is 114 cm³/mol. The van der Waals surface area contributed by atoms with Gasteiger partial charge in [-0.25, -0.2) is 4.39 Å². The van der Waals surface area contributed by atoms with Crippen LogP contribution in [0, 0.1) is 15.9 Å². The molecule has 0 amide bonds. The third-order valence-corrected chi connectivity index (χ3v) is 4.49. The Morgan fingerprint density at radius 2 is 1.94 bits per heavy atom. The lowest BCUT2D eigenvalue weighted by Crippen LogP contribution is -2.01. The first-order chi connectivity index (χ1) is 15.0. The van der Waals surface area contributed by atoms with Crippen molar-refractivity contribution in [3.05, 3.63) is 98.3 Å². The summed E-state index contributed by atoms with van der Waals surface area (Å²) in [5.41, 5.74) is 1.56. The zero-order valence-electron chi connectivity index (χ0n) is 16.5. The molecular weight excluding hydrogens is 427 g/mol. The number of methoxy groups -OCH3 is 1. The molecule has 0 aliphatic carbocycles. The molecule has 0 radical (unpaired) electrons. The number of nitro benzene ring substituents is 1. The van der Waals surface area contributed by atoms with Gasteiger partial charge in [0.25, 0.3) is 5.69 Å². The number of ether oxygens (including phenoxy) is 2. The fourth-order valence-electron chi connectivity index (χ4n) is 2.69. The molecule has 3 rings (SSSR count). The molecule has 0 saturated heterocycles. The Labute approximate surface area is 182 Å². The highest BCUT2D eigenvalue weighted by molar-refractivity contribution is 6.32. The van der Waals surface area contributed by atoms with Gasteiger partial charge in [-0.2, -0.15) is 0 Å². The van der Waals surface area contributed by atoms with Gasteiger partial charge in [-0.05, 0) is 23.8 Å². The Bertz CT molecular complexity index is 1110. The number of hydrogen-bond donors (Lipinski definition) is 0. The van der Waals surface area contributed by atoms with Crippen molar-refractivity contribution >= 4 is 23.5 Å². The number of non-ortho nitro benzene ring substituents is 1. The summed E-state index contributed by atoms with van der Waals surface area (Å²) in [7, 11) is 1.46. The third-order valence-electron chi connectivity index (χ3n) is 4.21. The molecule has 0 atom stereocenters. The first-order valence-corrected chi connectivity index (χ1v) is 9.48. The molecule has 0 N–H and O–H groups in total. The van der Waals surface area contributed by atoms with E-state index in [0.29, 0.717) is 22.4 Å². The second-order valence-corrected chi connectivity index (χ2v) is 6.76.